The molecule has 0 bridgehead atoms. The van der Waals surface area contributed by atoms with Gasteiger partial charge in [-0.05, 0) is 32.9 Å². The Morgan fingerprint density at radius 3 is 2.58 bits per heavy atom. The third-order valence-corrected chi connectivity index (χ3v) is 3.95. The molecule has 2 heterocycles. The normalized spacial score (nSPS) is 18.4. The molecule has 0 unspecified atom stereocenters. The lowest BCUT2D eigenvalue weighted by atomic mass is 10.1. The molecule has 1 fully saturated rings. The van der Waals surface area contributed by atoms with Crippen LogP contribution in [0.2, 0.25) is 0 Å². The molecule has 100 valence electrons. The second kappa shape index (κ2) is 5.57. The highest BCUT2D eigenvalue weighted by atomic mass is 16.5. The summed E-state index contributed by atoms with van der Waals surface area (Å²) in [5.74, 6) is 0.973. The summed E-state index contributed by atoms with van der Waals surface area (Å²) in [6, 6.07) is 12.6. The number of rotatable bonds is 3. The van der Waals surface area contributed by atoms with Gasteiger partial charge in [0.25, 0.3) is 0 Å². The van der Waals surface area contributed by atoms with Gasteiger partial charge in [0, 0.05) is 11.6 Å². The first kappa shape index (κ1) is 12.4. The summed E-state index contributed by atoms with van der Waals surface area (Å²) in [5, 5.41) is 4.20. The lowest BCUT2D eigenvalue weighted by Gasteiger charge is -2.30. The van der Waals surface area contributed by atoms with Crippen molar-refractivity contribution in [2.75, 3.05) is 13.1 Å². The Bertz CT molecular complexity index is 515. The second-order valence-electron chi connectivity index (χ2n) is 5.25. The van der Waals surface area contributed by atoms with Gasteiger partial charge in [0.15, 0.2) is 5.76 Å². The monoisotopic (exact) mass is 256 g/mol. The molecule has 3 nitrogen and oxygen atoms in total. The summed E-state index contributed by atoms with van der Waals surface area (Å²) in [5.41, 5.74) is 2.04. The Morgan fingerprint density at radius 1 is 1.11 bits per heavy atom. The van der Waals surface area contributed by atoms with Crippen LogP contribution in [0.4, 0.5) is 0 Å². The number of likely N-dealkylation sites (tertiary alicyclic amines) is 1. The Kier molecular flexibility index (Phi) is 3.65. The van der Waals surface area contributed by atoms with Crippen LogP contribution in [0, 0.1) is 0 Å². The van der Waals surface area contributed by atoms with Gasteiger partial charge in [-0.1, -0.05) is 41.9 Å². The third-order valence-electron chi connectivity index (χ3n) is 3.95. The molecular weight excluding hydrogens is 236 g/mol. The summed E-state index contributed by atoms with van der Waals surface area (Å²) in [7, 11) is 0. The third kappa shape index (κ3) is 2.71. The van der Waals surface area contributed by atoms with Gasteiger partial charge in [-0.2, -0.15) is 0 Å². The van der Waals surface area contributed by atoms with Crippen LogP contribution in [0.1, 0.15) is 38.0 Å². The van der Waals surface area contributed by atoms with Crippen LogP contribution in [0.5, 0.6) is 0 Å². The van der Waals surface area contributed by atoms with Gasteiger partial charge < -0.3 is 4.52 Å². The van der Waals surface area contributed by atoms with Crippen molar-refractivity contribution in [3.8, 4) is 11.3 Å². The number of hydrogen-bond donors (Lipinski definition) is 0. The van der Waals surface area contributed by atoms with E-state index < -0.39 is 0 Å². The zero-order valence-corrected chi connectivity index (χ0v) is 11.4. The smallest absolute Gasteiger partial charge is 0.154 e. The summed E-state index contributed by atoms with van der Waals surface area (Å²) in [6.07, 6.45) is 3.95. The zero-order valence-electron chi connectivity index (χ0n) is 11.4. The molecule has 0 N–H and O–H groups in total. The predicted octanol–water partition coefficient (Wildman–Crippen LogP) is 3.89. The minimum Gasteiger partial charge on any atom is -0.359 e. The average Bonchev–Trinajstić information content (AvgIpc) is 2.98. The van der Waals surface area contributed by atoms with Crippen molar-refractivity contribution in [2.45, 2.75) is 32.2 Å². The van der Waals surface area contributed by atoms with E-state index in [1.807, 2.05) is 18.2 Å². The van der Waals surface area contributed by atoms with Crippen LogP contribution in [0.3, 0.4) is 0 Å². The molecule has 3 rings (SSSR count). The van der Waals surface area contributed by atoms with Gasteiger partial charge in [0.1, 0.15) is 5.69 Å². The molecule has 1 aliphatic heterocycles. The topological polar surface area (TPSA) is 29.3 Å². The van der Waals surface area contributed by atoms with E-state index in [9.17, 15) is 0 Å². The van der Waals surface area contributed by atoms with E-state index in [0.29, 0.717) is 6.04 Å². The molecular formula is C16H20N2O. The van der Waals surface area contributed by atoms with Crippen molar-refractivity contribution in [1.82, 2.24) is 10.1 Å². The molecule has 0 spiro atoms. The molecule has 2 aromatic rings. The van der Waals surface area contributed by atoms with Crippen molar-refractivity contribution in [1.29, 1.82) is 0 Å². The molecule has 19 heavy (non-hydrogen) atoms. The van der Waals surface area contributed by atoms with Crippen molar-refractivity contribution < 1.29 is 4.52 Å². The first-order valence-electron chi connectivity index (χ1n) is 7.11. The van der Waals surface area contributed by atoms with Crippen LogP contribution in [0.15, 0.2) is 40.9 Å². The number of hydrogen-bond acceptors (Lipinski definition) is 3. The Balaban J connectivity index is 1.77. The van der Waals surface area contributed by atoms with Crippen molar-refractivity contribution >= 4 is 0 Å². The maximum absolute atomic E-state index is 5.54. The molecule has 1 aromatic heterocycles. The fourth-order valence-electron chi connectivity index (χ4n) is 2.72. The molecule has 0 aliphatic carbocycles. The zero-order chi connectivity index (χ0) is 13.1. The van der Waals surface area contributed by atoms with Gasteiger partial charge in [-0.3, -0.25) is 4.90 Å². The summed E-state index contributed by atoms with van der Waals surface area (Å²) < 4.78 is 5.54. The molecule has 1 aromatic carbocycles. The molecule has 1 saturated heterocycles. The predicted molar refractivity (Wildman–Crippen MR) is 75.8 cm³/mol. The van der Waals surface area contributed by atoms with Crippen molar-refractivity contribution in [2.24, 2.45) is 0 Å². The summed E-state index contributed by atoms with van der Waals surface area (Å²) in [4.78, 5) is 2.48. The first-order chi connectivity index (χ1) is 9.34. The highest BCUT2D eigenvalue weighted by Crippen LogP contribution is 2.27. The SMILES string of the molecule is C[C@H](c1cc(-c2ccccc2)no1)N1CCCCC1. The van der Waals surface area contributed by atoms with Crippen molar-refractivity contribution in [3.63, 3.8) is 0 Å². The standard InChI is InChI=1S/C16H20N2O/c1-13(18-10-6-3-7-11-18)16-12-15(17-19-16)14-8-4-2-5-9-14/h2,4-5,8-9,12-13H,3,6-7,10-11H2,1H3/t13-/m1/s1. The van der Waals surface area contributed by atoms with E-state index in [1.54, 1.807) is 0 Å². The minimum atomic E-state index is 0.324. The Hall–Kier alpha value is -1.61. The maximum Gasteiger partial charge on any atom is 0.154 e. The van der Waals surface area contributed by atoms with E-state index in [1.165, 1.54) is 32.4 Å². The van der Waals surface area contributed by atoms with Crippen LogP contribution >= 0.6 is 0 Å². The number of piperidine rings is 1. The Morgan fingerprint density at radius 2 is 1.84 bits per heavy atom. The molecule has 0 amide bonds. The molecule has 1 atom stereocenters. The maximum atomic E-state index is 5.54. The highest BCUT2D eigenvalue weighted by molar-refractivity contribution is 5.58. The second-order valence-corrected chi connectivity index (χ2v) is 5.25. The number of benzene rings is 1. The van der Waals surface area contributed by atoms with Gasteiger partial charge >= 0.3 is 0 Å². The lowest BCUT2D eigenvalue weighted by molar-refractivity contribution is 0.150. The summed E-state index contributed by atoms with van der Waals surface area (Å²) in [6.45, 7) is 4.55. The van der Waals surface area contributed by atoms with Crippen LogP contribution < -0.4 is 0 Å². The van der Waals surface area contributed by atoms with E-state index in [-0.39, 0.29) is 0 Å². The lowest BCUT2D eigenvalue weighted by Crippen LogP contribution is -2.32. The van der Waals surface area contributed by atoms with Gasteiger partial charge in [0.05, 0.1) is 6.04 Å². The largest absolute Gasteiger partial charge is 0.359 e. The van der Waals surface area contributed by atoms with E-state index >= 15 is 0 Å². The molecule has 0 radical (unpaired) electrons. The minimum absolute atomic E-state index is 0.324. The van der Waals surface area contributed by atoms with Gasteiger partial charge in [-0.25, -0.2) is 0 Å². The molecule has 0 saturated carbocycles. The fraction of sp³-hybridized carbons (Fsp3) is 0.438. The highest BCUT2D eigenvalue weighted by Gasteiger charge is 2.21. The first-order valence-corrected chi connectivity index (χ1v) is 7.11. The van der Waals surface area contributed by atoms with Crippen LogP contribution in [0.25, 0.3) is 11.3 Å². The molecule has 3 heteroatoms. The van der Waals surface area contributed by atoms with E-state index in [0.717, 1.165) is 17.0 Å². The van der Waals surface area contributed by atoms with Gasteiger partial charge in [0.2, 0.25) is 0 Å². The molecule has 1 aliphatic rings. The fourth-order valence-corrected chi connectivity index (χ4v) is 2.72. The van der Waals surface area contributed by atoms with E-state index in [4.69, 9.17) is 4.52 Å². The Labute approximate surface area is 114 Å². The summed E-state index contributed by atoms with van der Waals surface area (Å²) >= 11 is 0. The van der Waals surface area contributed by atoms with Gasteiger partial charge in [-0.15, -0.1) is 0 Å². The number of aromatic nitrogens is 1. The van der Waals surface area contributed by atoms with Crippen molar-refractivity contribution in [3.05, 3.63) is 42.2 Å². The number of nitrogens with zero attached hydrogens (tertiary/aromatic N) is 2. The quantitative estimate of drug-likeness (QED) is 0.834. The van der Waals surface area contributed by atoms with E-state index in [2.05, 4.69) is 35.2 Å². The van der Waals surface area contributed by atoms with Crippen LogP contribution in [-0.4, -0.2) is 23.1 Å². The van der Waals surface area contributed by atoms with Crippen LogP contribution in [-0.2, 0) is 0 Å². The average molecular weight is 256 g/mol.